The Morgan fingerprint density at radius 3 is 2.70 bits per heavy atom. The first-order valence-corrected chi connectivity index (χ1v) is 3.25. The number of hydrogen-bond donors (Lipinski definition) is 1. The van der Waals surface area contributed by atoms with Crippen molar-refractivity contribution >= 4 is 17.3 Å². The van der Waals surface area contributed by atoms with Crippen LogP contribution >= 0.6 is 11.6 Å². The molecule has 0 fully saturated rings. The van der Waals surface area contributed by atoms with Crippen LogP contribution in [-0.4, -0.2) is 7.05 Å². The van der Waals surface area contributed by atoms with E-state index in [1.807, 2.05) is 0 Å². The summed E-state index contributed by atoms with van der Waals surface area (Å²) in [7, 11) is 1.70. The number of hydrogen-bond acceptors (Lipinski definition) is 1. The van der Waals surface area contributed by atoms with Gasteiger partial charge in [-0.25, -0.2) is 4.39 Å². The monoisotopic (exact) mass is 159 g/mol. The van der Waals surface area contributed by atoms with Gasteiger partial charge in [0.2, 0.25) is 0 Å². The normalized spacial score (nSPS) is 9.50. The third-order valence-corrected chi connectivity index (χ3v) is 1.61. The van der Waals surface area contributed by atoms with E-state index in [1.165, 1.54) is 6.07 Å². The molecule has 0 unspecified atom stereocenters. The van der Waals surface area contributed by atoms with Gasteiger partial charge in [0.05, 0.1) is 10.7 Å². The topological polar surface area (TPSA) is 12.0 Å². The molecule has 0 aliphatic carbocycles. The van der Waals surface area contributed by atoms with Gasteiger partial charge in [-0.3, -0.25) is 0 Å². The van der Waals surface area contributed by atoms with Crippen LogP contribution in [0.15, 0.2) is 18.2 Å². The predicted molar refractivity (Wildman–Crippen MR) is 41.0 cm³/mol. The van der Waals surface area contributed by atoms with Crippen LogP contribution in [0.3, 0.4) is 0 Å². The van der Waals surface area contributed by atoms with E-state index in [0.717, 1.165) is 0 Å². The minimum atomic E-state index is -0.395. The van der Waals surface area contributed by atoms with Crippen LogP contribution in [0.4, 0.5) is 10.1 Å². The fourth-order valence-corrected chi connectivity index (χ4v) is 0.917. The summed E-state index contributed by atoms with van der Waals surface area (Å²) in [5, 5.41) is 2.91. The van der Waals surface area contributed by atoms with Gasteiger partial charge in [-0.05, 0) is 12.1 Å². The minimum absolute atomic E-state index is 0.144. The van der Waals surface area contributed by atoms with E-state index < -0.39 is 5.82 Å². The van der Waals surface area contributed by atoms with Crippen LogP contribution in [0.1, 0.15) is 0 Å². The number of anilines is 1. The molecule has 0 aliphatic heterocycles. The predicted octanol–water partition coefficient (Wildman–Crippen LogP) is 2.52. The second-order valence-electron chi connectivity index (χ2n) is 1.85. The summed E-state index contributed by atoms with van der Waals surface area (Å²) < 4.78 is 12.6. The van der Waals surface area contributed by atoms with Gasteiger partial charge < -0.3 is 5.32 Å². The largest absolute Gasteiger partial charge is 0.387 e. The van der Waals surface area contributed by atoms with Gasteiger partial charge in [-0.1, -0.05) is 17.7 Å². The van der Waals surface area contributed by atoms with Crippen LogP contribution in [0.2, 0.25) is 5.02 Å². The summed E-state index contributed by atoms with van der Waals surface area (Å²) in [5.74, 6) is -0.395. The highest BCUT2D eigenvalue weighted by atomic mass is 35.5. The molecular formula is C7H7ClFN. The first kappa shape index (κ1) is 7.35. The van der Waals surface area contributed by atoms with E-state index in [-0.39, 0.29) is 5.02 Å². The maximum atomic E-state index is 12.6. The van der Waals surface area contributed by atoms with Crippen molar-refractivity contribution in [3.63, 3.8) is 0 Å². The molecule has 10 heavy (non-hydrogen) atoms. The molecule has 0 aliphatic rings. The minimum Gasteiger partial charge on any atom is -0.387 e. The van der Waals surface area contributed by atoms with Gasteiger partial charge >= 0.3 is 0 Å². The molecule has 1 rings (SSSR count). The van der Waals surface area contributed by atoms with Gasteiger partial charge in [0, 0.05) is 7.05 Å². The van der Waals surface area contributed by atoms with Crippen molar-refractivity contribution in [2.24, 2.45) is 0 Å². The molecule has 0 amide bonds. The maximum Gasteiger partial charge on any atom is 0.143 e. The smallest absolute Gasteiger partial charge is 0.143 e. The average Bonchev–Trinajstić information content (AvgIpc) is 1.95. The Morgan fingerprint density at radius 2 is 2.20 bits per heavy atom. The number of rotatable bonds is 1. The second-order valence-corrected chi connectivity index (χ2v) is 2.23. The Morgan fingerprint density at radius 1 is 1.50 bits per heavy atom. The molecule has 0 aromatic heterocycles. The van der Waals surface area contributed by atoms with Crippen LogP contribution in [0.5, 0.6) is 0 Å². The molecule has 0 spiro atoms. The van der Waals surface area contributed by atoms with E-state index in [0.29, 0.717) is 5.69 Å². The average molecular weight is 160 g/mol. The first-order valence-electron chi connectivity index (χ1n) is 2.87. The quantitative estimate of drug-likeness (QED) is 0.664. The van der Waals surface area contributed by atoms with E-state index in [9.17, 15) is 4.39 Å². The third kappa shape index (κ3) is 1.21. The molecular weight excluding hydrogens is 153 g/mol. The fraction of sp³-hybridized carbons (Fsp3) is 0.143. The third-order valence-electron chi connectivity index (χ3n) is 1.22. The summed E-state index contributed by atoms with van der Waals surface area (Å²) in [6, 6.07) is 4.64. The molecule has 1 nitrogen and oxygen atoms in total. The highest BCUT2D eigenvalue weighted by molar-refractivity contribution is 6.33. The zero-order chi connectivity index (χ0) is 7.56. The lowest BCUT2D eigenvalue weighted by atomic mass is 10.3. The van der Waals surface area contributed by atoms with Crippen molar-refractivity contribution in [2.45, 2.75) is 0 Å². The number of nitrogens with one attached hydrogen (secondary N) is 1. The Bertz CT molecular complexity index is 237. The van der Waals surface area contributed by atoms with Gasteiger partial charge in [0.1, 0.15) is 5.82 Å². The Hall–Kier alpha value is -0.760. The molecule has 1 aromatic rings. The van der Waals surface area contributed by atoms with Crippen molar-refractivity contribution in [1.29, 1.82) is 0 Å². The van der Waals surface area contributed by atoms with Crippen LogP contribution in [0, 0.1) is 5.82 Å². The molecule has 0 heterocycles. The SMILES string of the molecule is CNc1cccc(F)c1Cl. The van der Waals surface area contributed by atoms with Gasteiger partial charge in [0.25, 0.3) is 0 Å². The molecule has 1 N–H and O–H groups in total. The van der Waals surface area contributed by atoms with Crippen molar-refractivity contribution in [3.05, 3.63) is 29.0 Å². The summed E-state index contributed by atoms with van der Waals surface area (Å²) >= 11 is 5.56. The van der Waals surface area contributed by atoms with Crippen molar-refractivity contribution in [2.75, 3.05) is 12.4 Å². The van der Waals surface area contributed by atoms with Gasteiger partial charge in [-0.2, -0.15) is 0 Å². The molecule has 0 bridgehead atoms. The summed E-state index contributed by atoms with van der Waals surface area (Å²) in [6.07, 6.45) is 0. The molecule has 1 aromatic carbocycles. The summed E-state index contributed by atoms with van der Waals surface area (Å²) in [5.41, 5.74) is 0.613. The van der Waals surface area contributed by atoms with Gasteiger partial charge in [0.15, 0.2) is 0 Å². The van der Waals surface area contributed by atoms with Crippen LogP contribution < -0.4 is 5.32 Å². The standard InChI is InChI=1S/C7H7ClFN/c1-10-6-4-2-3-5(9)7(6)8/h2-4,10H,1H3. The summed E-state index contributed by atoms with van der Waals surface area (Å²) in [6.45, 7) is 0. The lowest BCUT2D eigenvalue weighted by Crippen LogP contribution is -1.89. The lowest BCUT2D eigenvalue weighted by Gasteiger charge is -2.01. The molecule has 3 heteroatoms. The Balaban J connectivity index is 3.14. The first-order chi connectivity index (χ1) is 4.75. The lowest BCUT2D eigenvalue weighted by molar-refractivity contribution is 0.629. The van der Waals surface area contributed by atoms with Crippen LogP contribution in [0.25, 0.3) is 0 Å². The van der Waals surface area contributed by atoms with Crippen LogP contribution in [-0.2, 0) is 0 Å². The molecule has 54 valence electrons. The van der Waals surface area contributed by atoms with E-state index in [2.05, 4.69) is 5.32 Å². The van der Waals surface area contributed by atoms with E-state index in [1.54, 1.807) is 19.2 Å². The summed E-state index contributed by atoms with van der Waals surface area (Å²) in [4.78, 5) is 0. The Labute approximate surface area is 63.8 Å². The zero-order valence-electron chi connectivity index (χ0n) is 5.49. The second kappa shape index (κ2) is 2.88. The highest BCUT2D eigenvalue weighted by Gasteiger charge is 2.01. The van der Waals surface area contributed by atoms with Gasteiger partial charge in [-0.15, -0.1) is 0 Å². The highest BCUT2D eigenvalue weighted by Crippen LogP contribution is 2.23. The van der Waals surface area contributed by atoms with Crippen molar-refractivity contribution in [3.8, 4) is 0 Å². The van der Waals surface area contributed by atoms with E-state index >= 15 is 0 Å². The number of halogens is 2. The maximum absolute atomic E-state index is 12.6. The molecule has 0 radical (unpaired) electrons. The fourth-order valence-electron chi connectivity index (χ4n) is 0.697. The van der Waals surface area contributed by atoms with Crippen molar-refractivity contribution < 1.29 is 4.39 Å². The molecule has 0 atom stereocenters. The van der Waals surface area contributed by atoms with Crippen molar-refractivity contribution in [1.82, 2.24) is 0 Å². The zero-order valence-corrected chi connectivity index (χ0v) is 6.24. The molecule has 0 saturated heterocycles. The number of benzene rings is 1. The molecule has 0 saturated carbocycles. The van der Waals surface area contributed by atoms with E-state index in [4.69, 9.17) is 11.6 Å². The Kier molecular flexibility index (Phi) is 2.12.